The molecule has 0 aliphatic carbocycles. The highest BCUT2D eigenvalue weighted by molar-refractivity contribution is 8.26. The molecule has 0 unspecified atom stereocenters. The highest BCUT2D eigenvalue weighted by Gasteiger charge is 2.32. The van der Waals surface area contributed by atoms with Crippen molar-refractivity contribution in [1.82, 2.24) is 5.01 Å². The summed E-state index contributed by atoms with van der Waals surface area (Å²) >= 11 is 6.30. The summed E-state index contributed by atoms with van der Waals surface area (Å²) in [4.78, 5) is 12.9. The molecule has 4 nitrogen and oxygen atoms in total. The van der Waals surface area contributed by atoms with Crippen molar-refractivity contribution < 1.29 is 9.18 Å². The Bertz CT molecular complexity index is 946. The van der Waals surface area contributed by atoms with E-state index in [1.807, 2.05) is 6.07 Å². The first-order chi connectivity index (χ1) is 12.1. The Balaban J connectivity index is 1.81. The molecule has 122 valence electrons. The molecule has 3 rings (SSSR count). The first kappa shape index (κ1) is 17.0. The van der Waals surface area contributed by atoms with Gasteiger partial charge in [0.1, 0.15) is 5.82 Å². The van der Waals surface area contributed by atoms with Gasteiger partial charge in [-0.15, -0.1) is 0 Å². The molecule has 1 saturated heterocycles. The third-order valence-electron chi connectivity index (χ3n) is 3.33. The molecule has 0 bridgehead atoms. The number of benzene rings is 2. The van der Waals surface area contributed by atoms with Gasteiger partial charge in [0, 0.05) is 5.56 Å². The highest BCUT2D eigenvalue weighted by atomic mass is 32.2. The summed E-state index contributed by atoms with van der Waals surface area (Å²) in [6.45, 7) is 0. The summed E-state index contributed by atoms with van der Waals surface area (Å²) in [5.41, 5.74) is 1.59. The molecule has 1 heterocycles. The quantitative estimate of drug-likeness (QED) is 0.469. The van der Waals surface area contributed by atoms with Gasteiger partial charge in [-0.3, -0.25) is 4.79 Å². The van der Waals surface area contributed by atoms with Crippen molar-refractivity contribution in [1.29, 1.82) is 5.26 Å². The summed E-state index contributed by atoms with van der Waals surface area (Å²) in [6.07, 6.45) is 2.95. The molecule has 1 aliphatic heterocycles. The van der Waals surface area contributed by atoms with Crippen molar-refractivity contribution in [2.75, 3.05) is 0 Å². The lowest BCUT2D eigenvalue weighted by Crippen LogP contribution is -2.22. The molecule has 0 N–H and O–H groups in total. The molecule has 0 saturated carbocycles. The summed E-state index contributed by atoms with van der Waals surface area (Å²) in [5, 5.41) is 13.9. The fraction of sp³-hybridized carbons (Fsp3) is 0. The second-order valence-electron chi connectivity index (χ2n) is 4.99. The number of nitrogens with zero attached hydrogens (tertiary/aromatic N) is 3. The Morgan fingerprint density at radius 2 is 1.92 bits per heavy atom. The number of nitriles is 1. The van der Waals surface area contributed by atoms with E-state index in [9.17, 15) is 9.18 Å². The number of rotatable bonds is 3. The van der Waals surface area contributed by atoms with E-state index in [0.717, 1.165) is 22.3 Å². The molecule has 1 fully saturated rings. The van der Waals surface area contributed by atoms with E-state index in [1.54, 1.807) is 48.5 Å². The van der Waals surface area contributed by atoms with Gasteiger partial charge in [0.15, 0.2) is 4.32 Å². The van der Waals surface area contributed by atoms with Crippen LogP contribution in [0.3, 0.4) is 0 Å². The van der Waals surface area contributed by atoms with E-state index in [-0.39, 0.29) is 15.8 Å². The molecule has 25 heavy (non-hydrogen) atoms. The van der Waals surface area contributed by atoms with Crippen molar-refractivity contribution in [3.63, 3.8) is 0 Å². The number of thiocarbonyl (C=S) groups is 1. The van der Waals surface area contributed by atoms with Crippen LogP contribution in [0.4, 0.5) is 4.39 Å². The number of thioether (sulfide) groups is 1. The van der Waals surface area contributed by atoms with Crippen molar-refractivity contribution in [3.8, 4) is 6.07 Å². The van der Waals surface area contributed by atoms with Crippen LogP contribution in [0.2, 0.25) is 0 Å². The first-order valence-corrected chi connectivity index (χ1v) is 8.37. The fourth-order valence-electron chi connectivity index (χ4n) is 2.06. The first-order valence-electron chi connectivity index (χ1n) is 7.15. The van der Waals surface area contributed by atoms with Gasteiger partial charge in [0.05, 0.1) is 22.8 Å². The normalized spacial score (nSPS) is 16.0. The number of hydrazone groups is 1. The molecule has 0 atom stereocenters. The van der Waals surface area contributed by atoms with E-state index in [2.05, 4.69) is 5.10 Å². The molecule has 0 spiro atoms. The van der Waals surface area contributed by atoms with E-state index in [0.29, 0.717) is 10.5 Å². The van der Waals surface area contributed by atoms with Gasteiger partial charge in [-0.2, -0.15) is 15.4 Å². The average molecular weight is 367 g/mol. The molecule has 0 aromatic heterocycles. The van der Waals surface area contributed by atoms with Gasteiger partial charge in [0.25, 0.3) is 5.91 Å². The smallest absolute Gasteiger partial charge is 0.266 e. The SMILES string of the molecule is N#Cc1ccc(/C=C2/SC(=S)N(/N=C/c3ccccc3F)C2=O)cc1. The maximum Gasteiger partial charge on any atom is 0.286 e. The molecule has 0 radical (unpaired) electrons. The van der Waals surface area contributed by atoms with Crippen molar-refractivity contribution in [2.24, 2.45) is 5.10 Å². The monoisotopic (exact) mass is 367 g/mol. The van der Waals surface area contributed by atoms with E-state index in [1.165, 1.54) is 12.3 Å². The van der Waals surface area contributed by atoms with Gasteiger partial charge in [-0.25, -0.2) is 4.39 Å². The number of hydrogen-bond donors (Lipinski definition) is 0. The Labute approximate surface area is 153 Å². The average Bonchev–Trinajstić information content (AvgIpc) is 2.88. The molecule has 1 amide bonds. The summed E-state index contributed by atoms with van der Waals surface area (Å²) < 4.78 is 13.9. The topological polar surface area (TPSA) is 56.5 Å². The van der Waals surface area contributed by atoms with Crippen LogP contribution in [0, 0.1) is 17.1 Å². The molecular weight excluding hydrogens is 357 g/mol. The fourth-order valence-corrected chi connectivity index (χ4v) is 3.24. The zero-order chi connectivity index (χ0) is 17.8. The summed E-state index contributed by atoms with van der Waals surface area (Å²) in [6, 6.07) is 15.0. The Morgan fingerprint density at radius 1 is 1.20 bits per heavy atom. The van der Waals surface area contributed by atoms with Crippen LogP contribution in [0.1, 0.15) is 16.7 Å². The number of amides is 1. The molecular formula is C18H10FN3OS2. The van der Waals surface area contributed by atoms with Crippen LogP contribution in [0.15, 0.2) is 58.5 Å². The molecule has 1 aliphatic rings. The van der Waals surface area contributed by atoms with E-state index < -0.39 is 5.82 Å². The minimum atomic E-state index is -0.426. The van der Waals surface area contributed by atoms with Gasteiger partial charge in [-0.1, -0.05) is 42.1 Å². The zero-order valence-electron chi connectivity index (χ0n) is 12.7. The van der Waals surface area contributed by atoms with Crippen LogP contribution in [-0.4, -0.2) is 21.5 Å². The summed E-state index contributed by atoms with van der Waals surface area (Å²) in [7, 11) is 0. The standard InChI is InChI=1S/C18H10FN3OS2/c19-15-4-2-1-3-14(15)11-21-22-17(23)16(25-18(22)24)9-12-5-7-13(10-20)8-6-12/h1-9,11H/b16-9+,21-11+. The Hall–Kier alpha value is -2.82. The van der Waals surface area contributed by atoms with Gasteiger partial charge in [-0.05, 0) is 42.1 Å². The molecule has 2 aromatic carbocycles. The second kappa shape index (κ2) is 7.38. The Kier molecular flexibility index (Phi) is 5.03. The van der Waals surface area contributed by atoms with Crippen LogP contribution in [0.5, 0.6) is 0 Å². The van der Waals surface area contributed by atoms with Crippen LogP contribution < -0.4 is 0 Å². The largest absolute Gasteiger partial charge is 0.286 e. The predicted molar refractivity (Wildman–Crippen MR) is 100 cm³/mol. The highest BCUT2D eigenvalue weighted by Crippen LogP contribution is 2.32. The maximum atomic E-state index is 13.6. The van der Waals surface area contributed by atoms with Crippen LogP contribution >= 0.6 is 24.0 Å². The Morgan fingerprint density at radius 3 is 2.60 bits per heavy atom. The number of carbonyl (C=O) groups excluding carboxylic acids is 1. The minimum Gasteiger partial charge on any atom is -0.266 e. The lowest BCUT2D eigenvalue weighted by atomic mass is 10.1. The molecule has 7 heteroatoms. The second-order valence-corrected chi connectivity index (χ2v) is 6.67. The van der Waals surface area contributed by atoms with E-state index >= 15 is 0 Å². The third kappa shape index (κ3) is 3.82. The lowest BCUT2D eigenvalue weighted by Gasteiger charge is -2.06. The third-order valence-corrected chi connectivity index (χ3v) is 4.61. The van der Waals surface area contributed by atoms with Crippen molar-refractivity contribution in [2.45, 2.75) is 0 Å². The maximum absolute atomic E-state index is 13.6. The predicted octanol–water partition coefficient (Wildman–Crippen LogP) is 3.93. The van der Waals surface area contributed by atoms with Crippen LogP contribution in [-0.2, 0) is 4.79 Å². The minimum absolute atomic E-state index is 0.271. The lowest BCUT2D eigenvalue weighted by molar-refractivity contribution is -0.122. The summed E-state index contributed by atoms with van der Waals surface area (Å²) in [5.74, 6) is -0.795. The van der Waals surface area contributed by atoms with Crippen molar-refractivity contribution in [3.05, 3.63) is 75.9 Å². The number of carbonyl (C=O) groups is 1. The van der Waals surface area contributed by atoms with Gasteiger partial charge in [0.2, 0.25) is 0 Å². The number of halogens is 1. The van der Waals surface area contributed by atoms with E-state index in [4.69, 9.17) is 17.5 Å². The van der Waals surface area contributed by atoms with Gasteiger partial charge < -0.3 is 0 Å². The van der Waals surface area contributed by atoms with Crippen LogP contribution in [0.25, 0.3) is 6.08 Å². The molecule has 2 aromatic rings. The van der Waals surface area contributed by atoms with Gasteiger partial charge >= 0.3 is 0 Å². The zero-order valence-corrected chi connectivity index (χ0v) is 14.4. The van der Waals surface area contributed by atoms with Crippen molar-refractivity contribution >= 4 is 46.5 Å². The number of hydrogen-bond acceptors (Lipinski definition) is 5.